The molecule has 0 bridgehead atoms. The summed E-state index contributed by atoms with van der Waals surface area (Å²) in [6, 6.07) is 10.9. The lowest BCUT2D eigenvalue weighted by Crippen LogP contribution is -2.33. The summed E-state index contributed by atoms with van der Waals surface area (Å²) in [5, 5.41) is 25.3. The van der Waals surface area contributed by atoms with Crippen LogP contribution in [-0.4, -0.2) is 73.6 Å². The number of benzene rings is 2. The molecule has 1 unspecified atom stereocenters. The quantitative estimate of drug-likeness (QED) is 0.333. The van der Waals surface area contributed by atoms with Gasteiger partial charge in [-0.05, 0) is 42.5 Å². The number of nitrogens with one attached hydrogen (secondary N) is 2. The van der Waals surface area contributed by atoms with Gasteiger partial charge in [0.15, 0.2) is 0 Å². The van der Waals surface area contributed by atoms with E-state index >= 15 is 0 Å². The molecule has 10 heteroatoms. The van der Waals surface area contributed by atoms with E-state index in [-0.39, 0.29) is 30.6 Å². The van der Waals surface area contributed by atoms with Gasteiger partial charge in [0.25, 0.3) is 5.91 Å². The second kappa shape index (κ2) is 11.6. The lowest BCUT2D eigenvalue weighted by atomic mass is 10.2. The van der Waals surface area contributed by atoms with Crippen LogP contribution in [0.25, 0.3) is 0 Å². The van der Waals surface area contributed by atoms with Gasteiger partial charge >= 0.3 is 6.03 Å². The number of primary amides is 1. The SMILES string of the molecule is CN(C)C(=O)Nc1ccc(OCC(O)CNCCOc2ccc(O)c(C(N)=O)c2)cc1. The average Bonchev–Trinajstić information content (AvgIpc) is 2.73. The molecule has 2 aromatic rings. The van der Waals surface area contributed by atoms with Crippen LogP contribution in [0.5, 0.6) is 17.2 Å². The fourth-order valence-electron chi connectivity index (χ4n) is 2.43. The van der Waals surface area contributed by atoms with Crippen molar-refractivity contribution in [3.05, 3.63) is 48.0 Å². The predicted molar refractivity (Wildman–Crippen MR) is 116 cm³/mol. The first-order valence-corrected chi connectivity index (χ1v) is 9.62. The van der Waals surface area contributed by atoms with E-state index < -0.39 is 12.0 Å². The first-order chi connectivity index (χ1) is 14.8. The summed E-state index contributed by atoms with van der Waals surface area (Å²) < 4.78 is 11.0. The number of amides is 3. The molecule has 10 nitrogen and oxygen atoms in total. The van der Waals surface area contributed by atoms with Gasteiger partial charge in [0, 0.05) is 32.9 Å². The van der Waals surface area contributed by atoms with E-state index in [1.807, 2.05) is 0 Å². The highest BCUT2D eigenvalue weighted by Gasteiger charge is 2.09. The molecule has 0 fully saturated rings. The summed E-state index contributed by atoms with van der Waals surface area (Å²) in [5.74, 6) is 0.0384. The first-order valence-electron chi connectivity index (χ1n) is 9.62. The number of aromatic hydroxyl groups is 1. The van der Waals surface area contributed by atoms with Crippen LogP contribution in [0.4, 0.5) is 10.5 Å². The Kier molecular flexibility index (Phi) is 8.92. The zero-order chi connectivity index (χ0) is 22.8. The van der Waals surface area contributed by atoms with E-state index in [1.165, 1.54) is 23.1 Å². The van der Waals surface area contributed by atoms with Crippen LogP contribution in [0.2, 0.25) is 0 Å². The number of ether oxygens (including phenoxy) is 2. The van der Waals surface area contributed by atoms with Gasteiger partial charge < -0.3 is 41.0 Å². The van der Waals surface area contributed by atoms with Gasteiger partial charge in [0.2, 0.25) is 0 Å². The number of carbonyl (C=O) groups is 2. The van der Waals surface area contributed by atoms with Gasteiger partial charge in [-0.2, -0.15) is 0 Å². The Bertz CT molecular complexity index is 873. The Morgan fingerprint density at radius 3 is 2.42 bits per heavy atom. The molecule has 3 amide bonds. The molecule has 0 aliphatic rings. The zero-order valence-corrected chi connectivity index (χ0v) is 17.5. The molecule has 1 atom stereocenters. The van der Waals surface area contributed by atoms with E-state index in [0.29, 0.717) is 30.3 Å². The molecule has 0 aliphatic heterocycles. The third kappa shape index (κ3) is 8.03. The number of phenols is 1. The summed E-state index contributed by atoms with van der Waals surface area (Å²) in [5.41, 5.74) is 5.81. The third-order valence-corrected chi connectivity index (χ3v) is 4.12. The molecule has 0 saturated heterocycles. The van der Waals surface area contributed by atoms with Gasteiger partial charge in [-0.1, -0.05) is 0 Å². The molecule has 0 aliphatic carbocycles. The molecule has 168 valence electrons. The molecule has 0 radical (unpaired) electrons. The molecule has 0 heterocycles. The Hall–Kier alpha value is -3.50. The van der Waals surface area contributed by atoms with Crippen LogP contribution in [0.15, 0.2) is 42.5 Å². The lowest BCUT2D eigenvalue weighted by Gasteiger charge is -2.15. The van der Waals surface area contributed by atoms with Crippen molar-refractivity contribution in [2.45, 2.75) is 6.10 Å². The van der Waals surface area contributed by atoms with Crippen molar-refractivity contribution in [3.63, 3.8) is 0 Å². The maximum absolute atomic E-state index is 11.6. The molecule has 2 aromatic carbocycles. The number of hydrogen-bond acceptors (Lipinski definition) is 7. The molecule has 0 aromatic heterocycles. The number of hydrogen-bond donors (Lipinski definition) is 5. The van der Waals surface area contributed by atoms with Crippen molar-refractivity contribution in [2.24, 2.45) is 5.73 Å². The van der Waals surface area contributed by atoms with Crippen molar-refractivity contribution >= 4 is 17.6 Å². The Labute approximate surface area is 180 Å². The van der Waals surface area contributed by atoms with Gasteiger partial charge in [-0.25, -0.2) is 4.79 Å². The molecular weight excluding hydrogens is 404 g/mol. The molecular formula is C21H28N4O6. The van der Waals surface area contributed by atoms with Crippen molar-refractivity contribution in [1.82, 2.24) is 10.2 Å². The Morgan fingerprint density at radius 2 is 1.77 bits per heavy atom. The van der Waals surface area contributed by atoms with E-state index in [9.17, 15) is 19.8 Å². The van der Waals surface area contributed by atoms with Crippen molar-refractivity contribution in [2.75, 3.05) is 45.7 Å². The largest absolute Gasteiger partial charge is 0.507 e. The zero-order valence-electron chi connectivity index (χ0n) is 17.5. The number of carbonyl (C=O) groups excluding carboxylic acids is 2. The van der Waals surface area contributed by atoms with Crippen LogP contribution in [0.3, 0.4) is 0 Å². The number of nitrogens with two attached hydrogens (primary N) is 1. The Balaban J connectivity index is 1.64. The van der Waals surface area contributed by atoms with E-state index in [0.717, 1.165) is 0 Å². The fourth-order valence-corrected chi connectivity index (χ4v) is 2.43. The molecule has 6 N–H and O–H groups in total. The van der Waals surface area contributed by atoms with E-state index in [2.05, 4.69) is 10.6 Å². The van der Waals surface area contributed by atoms with Gasteiger partial charge in [-0.3, -0.25) is 4.79 Å². The summed E-state index contributed by atoms with van der Waals surface area (Å²) in [6.45, 7) is 1.13. The molecule has 31 heavy (non-hydrogen) atoms. The molecule has 2 rings (SSSR count). The highest BCUT2D eigenvalue weighted by Crippen LogP contribution is 2.22. The fraction of sp³-hybridized carbons (Fsp3) is 0.333. The second-order valence-corrected chi connectivity index (χ2v) is 6.91. The predicted octanol–water partition coefficient (Wildman–Crippen LogP) is 0.993. The van der Waals surface area contributed by atoms with Gasteiger partial charge in [0.1, 0.15) is 36.6 Å². The summed E-state index contributed by atoms with van der Waals surface area (Å²) in [7, 11) is 3.31. The summed E-state index contributed by atoms with van der Waals surface area (Å²) in [4.78, 5) is 24.2. The van der Waals surface area contributed by atoms with Crippen molar-refractivity contribution in [1.29, 1.82) is 0 Å². The van der Waals surface area contributed by atoms with Crippen LogP contribution < -0.4 is 25.8 Å². The highest BCUT2D eigenvalue weighted by atomic mass is 16.5. The molecule has 0 spiro atoms. The van der Waals surface area contributed by atoms with Crippen molar-refractivity contribution < 1.29 is 29.3 Å². The first kappa shape index (κ1) is 23.8. The summed E-state index contributed by atoms with van der Waals surface area (Å²) >= 11 is 0. The van der Waals surface area contributed by atoms with Gasteiger partial charge in [0.05, 0.1) is 5.56 Å². The maximum atomic E-state index is 11.6. The maximum Gasteiger partial charge on any atom is 0.321 e. The standard InChI is InChI=1S/C21H28N4O6/c1-25(2)21(29)24-14-3-5-16(6-4-14)31-13-15(26)12-23-9-10-30-17-7-8-19(27)18(11-17)20(22)28/h3-8,11,15,23,26-27H,9-10,12-13H2,1-2H3,(H2,22,28)(H,24,29). The number of nitrogens with zero attached hydrogens (tertiary/aromatic N) is 1. The number of urea groups is 1. The monoisotopic (exact) mass is 432 g/mol. The Morgan fingerprint density at radius 1 is 1.10 bits per heavy atom. The lowest BCUT2D eigenvalue weighted by molar-refractivity contribution is 0.0996. The number of aliphatic hydroxyl groups is 1. The van der Waals surface area contributed by atoms with E-state index in [4.69, 9.17) is 15.2 Å². The van der Waals surface area contributed by atoms with Gasteiger partial charge in [-0.15, -0.1) is 0 Å². The van der Waals surface area contributed by atoms with Crippen LogP contribution in [0, 0.1) is 0 Å². The van der Waals surface area contributed by atoms with Crippen molar-refractivity contribution in [3.8, 4) is 17.2 Å². The number of rotatable bonds is 11. The molecule has 0 saturated carbocycles. The van der Waals surface area contributed by atoms with Crippen LogP contribution in [0.1, 0.15) is 10.4 Å². The minimum Gasteiger partial charge on any atom is -0.507 e. The summed E-state index contributed by atoms with van der Waals surface area (Å²) in [6.07, 6.45) is -0.733. The second-order valence-electron chi connectivity index (χ2n) is 6.91. The highest BCUT2D eigenvalue weighted by molar-refractivity contribution is 5.95. The third-order valence-electron chi connectivity index (χ3n) is 4.12. The average molecular weight is 432 g/mol. The van der Waals surface area contributed by atoms with E-state index in [1.54, 1.807) is 38.4 Å². The number of anilines is 1. The van der Waals surface area contributed by atoms with Crippen LogP contribution >= 0.6 is 0 Å². The van der Waals surface area contributed by atoms with Crippen LogP contribution in [-0.2, 0) is 0 Å². The minimum absolute atomic E-state index is 0.00820. The minimum atomic E-state index is -0.739. The topological polar surface area (TPSA) is 146 Å². The number of aliphatic hydroxyl groups excluding tert-OH is 1. The normalized spacial score (nSPS) is 11.5. The smallest absolute Gasteiger partial charge is 0.321 e.